The van der Waals surface area contributed by atoms with Crippen LogP contribution in [0.1, 0.15) is 12.0 Å². The molecule has 1 aliphatic heterocycles. The van der Waals surface area contributed by atoms with Gasteiger partial charge in [-0.1, -0.05) is 0 Å². The van der Waals surface area contributed by atoms with Gasteiger partial charge in [-0.05, 0) is 53.1 Å². The number of hydrogen-bond donors (Lipinski definition) is 2. The zero-order valence-corrected chi connectivity index (χ0v) is 10.5. The van der Waals surface area contributed by atoms with Crippen molar-refractivity contribution in [2.75, 3.05) is 19.9 Å². The summed E-state index contributed by atoms with van der Waals surface area (Å²) in [4.78, 5) is 0. The number of halogens is 1. The molecule has 0 spiro atoms. The number of benzene rings is 1. The van der Waals surface area contributed by atoms with Gasteiger partial charge >= 0.3 is 0 Å². The normalized spacial score (nSPS) is 13.1. The van der Waals surface area contributed by atoms with Crippen molar-refractivity contribution in [1.29, 1.82) is 0 Å². The lowest BCUT2D eigenvalue weighted by molar-refractivity contribution is 0.173. The molecule has 0 aromatic heterocycles. The van der Waals surface area contributed by atoms with Crippen molar-refractivity contribution < 1.29 is 9.47 Å². The lowest BCUT2D eigenvalue weighted by atomic mass is 10.2. The number of rotatable bonds is 5. The van der Waals surface area contributed by atoms with Crippen molar-refractivity contribution in [3.63, 3.8) is 0 Å². The quantitative estimate of drug-likeness (QED) is 0.808. The minimum atomic E-state index is 0.304. The van der Waals surface area contributed by atoms with E-state index in [0.717, 1.165) is 42.0 Å². The molecule has 1 heterocycles. The van der Waals surface area contributed by atoms with Gasteiger partial charge in [-0.2, -0.15) is 0 Å². The first-order chi connectivity index (χ1) is 7.81. The van der Waals surface area contributed by atoms with Crippen molar-refractivity contribution in [3.05, 3.63) is 22.2 Å². The highest BCUT2D eigenvalue weighted by atomic mass is 79.9. The van der Waals surface area contributed by atoms with E-state index in [0.29, 0.717) is 6.79 Å². The lowest BCUT2D eigenvalue weighted by Crippen LogP contribution is -2.17. The van der Waals surface area contributed by atoms with Crippen LogP contribution in [0.25, 0.3) is 0 Å². The van der Waals surface area contributed by atoms with E-state index in [9.17, 15) is 0 Å². The number of nitrogens with one attached hydrogen (secondary N) is 1. The highest BCUT2D eigenvalue weighted by molar-refractivity contribution is 9.10. The number of fused-ring (bicyclic) bond motifs is 1. The van der Waals surface area contributed by atoms with Gasteiger partial charge in [0, 0.05) is 6.54 Å². The second kappa shape index (κ2) is 5.52. The standard InChI is InChI=1S/C11H15BrN2O2/c12-9-4-8(6-14-3-1-2-13)5-10-11(9)16-7-15-10/h4-5,14H,1-3,6-7,13H2. The Balaban J connectivity index is 1.97. The van der Waals surface area contributed by atoms with Gasteiger partial charge in [0.1, 0.15) is 0 Å². The van der Waals surface area contributed by atoms with E-state index in [-0.39, 0.29) is 0 Å². The van der Waals surface area contributed by atoms with E-state index in [1.165, 1.54) is 5.56 Å². The van der Waals surface area contributed by atoms with E-state index in [2.05, 4.69) is 21.2 Å². The van der Waals surface area contributed by atoms with E-state index >= 15 is 0 Å². The van der Waals surface area contributed by atoms with Crippen LogP contribution in [-0.2, 0) is 6.54 Å². The molecule has 1 aromatic carbocycles. The molecule has 0 bridgehead atoms. The average molecular weight is 287 g/mol. The second-order valence-corrected chi connectivity index (χ2v) is 4.48. The fourth-order valence-corrected chi connectivity index (χ4v) is 2.19. The van der Waals surface area contributed by atoms with Crippen LogP contribution in [0.2, 0.25) is 0 Å². The maximum absolute atomic E-state index is 5.42. The molecule has 0 aliphatic carbocycles. The molecule has 3 N–H and O–H groups in total. The maximum Gasteiger partial charge on any atom is 0.231 e. The van der Waals surface area contributed by atoms with Crippen LogP contribution >= 0.6 is 15.9 Å². The zero-order chi connectivity index (χ0) is 11.4. The fourth-order valence-electron chi connectivity index (χ4n) is 1.58. The Labute approximate surface area is 103 Å². The number of hydrogen-bond acceptors (Lipinski definition) is 4. The van der Waals surface area contributed by atoms with Gasteiger partial charge < -0.3 is 20.5 Å². The van der Waals surface area contributed by atoms with Gasteiger partial charge in [0.2, 0.25) is 6.79 Å². The Hall–Kier alpha value is -0.780. The van der Waals surface area contributed by atoms with E-state index in [1.807, 2.05) is 12.1 Å². The molecule has 0 amide bonds. The largest absolute Gasteiger partial charge is 0.454 e. The molecular weight excluding hydrogens is 272 g/mol. The summed E-state index contributed by atoms with van der Waals surface area (Å²) in [5.74, 6) is 1.61. The van der Waals surface area contributed by atoms with Crippen molar-refractivity contribution in [2.45, 2.75) is 13.0 Å². The Morgan fingerprint density at radius 2 is 2.25 bits per heavy atom. The van der Waals surface area contributed by atoms with Gasteiger partial charge in [-0.25, -0.2) is 0 Å². The van der Waals surface area contributed by atoms with E-state index in [4.69, 9.17) is 15.2 Å². The first-order valence-electron chi connectivity index (χ1n) is 5.30. The molecule has 1 aliphatic rings. The Bertz CT molecular complexity index is 371. The molecule has 0 atom stereocenters. The molecule has 0 fully saturated rings. The van der Waals surface area contributed by atoms with Crippen LogP contribution in [0.5, 0.6) is 11.5 Å². The minimum absolute atomic E-state index is 0.304. The molecule has 5 heteroatoms. The number of nitrogens with two attached hydrogens (primary N) is 1. The second-order valence-electron chi connectivity index (χ2n) is 3.63. The average Bonchev–Trinajstić information content (AvgIpc) is 2.73. The first kappa shape index (κ1) is 11.7. The van der Waals surface area contributed by atoms with Crippen molar-refractivity contribution >= 4 is 15.9 Å². The lowest BCUT2D eigenvalue weighted by Gasteiger charge is -2.06. The summed E-state index contributed by atoms with van der Waals surface area (Å²) in [6.07, 6.45) is 0.992. The smallest absolute Gasteiger partial charge is 0.231 e. The zero-order valence-electron chi connectivity index (χ0n) is 8.96. The van der Waals surface area contributed by atoms with Crippen LogP contribution < -0.4 is 20.5 Å². The summed E-state index contributed by atoms with van der Waals surface area (Å²) in [5.41, 5.74) is 6.60. The predicted octanol–water partition coefficient (Wildman–Crippen LogP) is 1.62. The summed E-state index contributed by atoms with van der Waals surface area (Å²) in [5, 5.41) is 3.32. The van der Waals surface area contributed by atoms with Gasteiger partial charge in [0.15, 0.2) is 11.5 Å². The Morgan fingerprint density at radius 3 is 3.06 bits per heavy atom. The molecule has 4 nitrogen and oxygen atoms in total. The van der Waals surface area contributed by atoms with Gasteiger partial charge in [0.25, 0.3) is 0 Å². The highest BCUT2D eigenvalue weighted by Gasteiger charge is 2.17. The Kier molecular flexibility index (Phi) is 4.04. The minimum Gasteiger partial charge on any atom is -0.454 e. The molecule has 0 saturated heterocycles. The molecular formula is C11H15BrN2O2. The SMILES string of the molecule is NCCCNCc1cc(Br)c2c(c1)OCO2. The van der Waals surface area contributed by atoms with Crippen LogP contribution in [0, 0.1) is 0 Å². The van der Waals surface area contributed by atoms with E-state index in [1.54, 1.807) is 0 Å². The molecule has 1 aromatic rings. The summed E-state index contributed by atoms with van der Waals surface area (Å²) in [6.45, 7) is 2.77. The summed E-state index contributed by atoms with van der Waals surface area (Å²) < 4.78 is 11.6. The molecule has 0 saturated carbocycles. The third-order valence-electron chi connectivity index (χ3n) is 2.37. The van der Waals surface area contributed by atoms with Crippen molar-refractivity contribution in [3.8, 4) is 11.5 Å². The maximum atomic E-state index is 5.42. The van der Waals surface area contributed by atoms with Crippen LogP contribution in [0.4, 0.5) is 0 Å². The molecule has 0 radical (unpaired) electrons. The van der Waals surface area contributed by atoms with E-state index < -0.39 is 0 Å². The van der Waals surface area contributed by atoms with Gasteiger partial charge in [-0.15, -0.1) is 0 Å². The van der Waals surface area contributed by atoms with Crippen LogP contribution in [0.3, 0.4) is 0 Å². The Morgan fingerprint density at radius 1 is 1.38 bits per heavy atom. The van der Waals surface area contributed by atoms with Crippen LogP contribution in [0.15, 0.2) is 16.6 Å². The number of ether oxygens (including phenoxy) is 2. The molecule has 16 heavy (non-hydrogen) atoms. The van der Waals surface area contributed by atoms with Gasteiger partial charge in [-0.3, -0.25) is 0 Å². The molecule has 2 rings (SSSR count). The fraction of sp³-hybridized carbons (Fsp3) is 0.455. The third-order valence-corrected chi connectivity index (χ3v) is 2.96. The topological polar surface area (TPSA) is 56.5 Å². The first-order valence-corrected chi connectivity index (χ1v) is 6.09. The molecule has 88 valence electrons. The highest BCUT2D eigenvalue weighted by Crippen LogP contribution is 2.39. The summed E-state index contributed by atoms with van der Waals surface area (Å²) in [7, 11) is 0. The molecule has 0 unspecified atom stereocenters. The predicted molar refractivity (Wildman–Crippen MR) is 65.6 cm³/mol. The third kappa shape index (κ3) is 2.66. The summed E-state index contributed by atoms with van der Waals surface area (Å²) in [6, 6.07) is 4.05. The monoisotopic (exact) mass is 286 g/mol. The summed E-state index contributed by atoms with van der Waals surface area (Å²) >= 11 is 3.47. The van der Waals surface area contributed by atoms with Crippen LogP contribution in [-0.4, -0.2) is 19.9 Å². The van der Waals surface area contributed by atoms with Crippen molar-refractivity contribution in [1.82, 2.24) is 5.32 Å². The van der Waals surface area contributed by atoms with Gasteiger partial charge in [0.05, 0.1) is 4.47 Å². The van der Waals surface area contributed by atoms with Crippen molar-refractivity contribution in [2.24, 2.45) is 5.73 Å².